The summed E-state index contributed by atoms with van der Waals surface area (Å²) in [6, 6.07) is 2.64. The van der Waals surface area contributed by atoms with Crippen molar-refractivity contribution in [3.05, 3.63) is 28.0 Å². The molecule has 4 heteroatoms. The van der Waals surface area contributed by atoms with E-state index in [0.717, 1.165) is 0 Å². The Balaban J connectivity index is 3.21. The summed E-state index contributed by atoms with van der Waals surface area (Å²) in [5.41, 5.74) is 6.18. The van der Waals surface area contributed by atoms with Crippen molar-refractivity contribution in [3.63, 3.8) is 0 Å². The summed E-state index contributed by atoms with van der Waals surface area (Å²) >= 11 is 2.98. The van der Waals surface area contributed by atoms with Crippen molar-refractivity contribution in [1.29, 1.82) is 0 Å². The van der Waals surface area contributed by atoms with Crippen molar-refractivity contribution in [2.24, 2.45) is 0 Å². The molecule has 1 aromatic carbocycles. The fraction of sp³-hybridized carbons (Fsp3) is 0.143. The van der Waals surface area contributed by atoms with Gasteiger partial charge in [-0.2, -0.15) is 0 Å². The van der Waals surface area contributed by atoms with Gasteiger partial charge in [-0.05, 0) is 28.1 Å². The van der Waals surface area contributed by atoms with Crippen LogP contribution in [0.2, 0.25) is 0 Å². The van der Waals surface area contributed by atoms with Crippen molar-refractivity contribution in [2.45, 2.75) is 6.61 Å². The maximum atomic E-state index is 12.7. The first kappa shape index (κ1) is 8.49. The number of nitrogens with two attached hydrogens (primary N) is 1. The van der Waals surface area contributed by atoms with Gasteiger partial charge in [-0.3, -0.25) is 0 Å². The molecule has 0 heterocycles. The smallest absolute Gasteiger partial charge is 0.139 e. The monoisotopic (exact) mass is 219 g/mol. The molecule has 0 atom stereocenters. The Morgan fingerprint density at radius 2 is 2.18 bits per heavy atom. The van der Waals surface area contributed by atoms with E-state index < -0.39 is 5.82 Å². The van der Waals surface area contributed by atoms with Crippen molar-refractivity contribution >= 4 is 21.6 Å². The second-order valence-corrected chi connectivity index (χ2v) is 2.98. The van der Waals surface area contributed by atoms with Crippen LogP contribution in [0.15, 0.2) is 16.6 Å². The van der Waals surface area contributed by atoms with Crippen LogP contribution in [-0.2, 0) is 6.61 Å². The van der Waals surface area contributed by atoms with Gasteiger partial charge >= 0.3 is 0 Å². The van der Waals surface area contributed by atoms with Gasteiger partial charge in [0.15, 0.2) is 0 Å². The van der Waals surface area contributed by atoms with Crippen LogP contribution in [-0.4, -0.2) is 5.11 Å². The molecule has 0 spiro atoms. The van der Waals surface area contributed by atoms with Crippen LogP contribution >= 0.6 is 15.9 Å². The number of aliphatic hydroxyl groups excluding tert-OH is 1. The first-order valence-corrected chi connectivity index (χ1v) is 3.78. The number of nitrogen functional groups attached to an aromatic ring is 1. The third-order valence-corrected chi connectivity index (χ3v) is 1.96. The molecule has 0 aliphatic rings. The van der Waals surface area contributed by atoms with Crippen LogP contribution in [0.25, 0.3) is 0 Å². The molecule has 11 heavy (non-hydrogen) atoms. The molecule has 0 saturated heterocycles. The van der Waals surface area contributed by atoms with Crippen LogP contribution in [0.3, 0.4) is 0 Å². The summed E-state index contributed by atoms with van der Waals surface area (Å²) in [6.45, 7) is -0.176. The average Bonchev–Trinajstić information content (AvgIpc) is 1.97. The minimum Gasteiger partial charge on any atom is -0.398 e. The Morgan fingerprint density at radius 1 is 1.55 bits per heavy atom. The van der Waals surface area contributed by atoms with E-state index in [-0.39, 0.29) is 12.3 Å². The maximum absolute atomic E-state index is 12.7. The molecule has 3 N–H and O–H groups in total. The fourth-order valence-corrected chi connectivity index (χ4v) is 1.13. The highest BCUT2D eigenvalue weighted by Crippen LogP contribution is 2.22. The standard InChI is InChI=1S/C7H7BrFNO/c8-5-1-4(3-11)7(10)2-6(5)9/h1-2,11H,3,10H2. The number of rotatable bonds is 1. The number of anilines is 1. The van der Waals surface area contributed by atoms with Crippen LogP contribution in [0, 0.1) is 5.82 Å². The Labute approximate surface area is 72.0 Å². The lowest BCUT2D eigenvalue weighted by atomic mass is 10.2. The van der Waals surface area contributed by atoms with Gasteiger partial charge in [-0.15, -0.1) is 0 Å². The van der Waals surface area contributed by atoms with Crippen molar-refractivity contribution in [2.75, 3.05) is 5.73 Å². The summed E-state index contributed by atoms with van der Waals surface area (Å²) in [4.78, 5) is 0. The molecule has 0 aliphatic heterocycles. The molecule has 60 valence electrons. The summed E-state index contributed by atoms with van der Waals surface area (Å²) in [5, 5.41) is 8.71. The Morgan fingerprint density at radius 3 is 2.73 bits per heavy atom. The molecular formula is C7H7BrFNO. The molecule has 0 fully saturated rings. The topological polar surface area (TPSA) is 46.2 Å². The third-order valence-electron chi connectivity index (χ3n) is 1.35. The van der Waals surface area contributed by atoms with Gasteiger partial charge in [-0.1, -0.05) is 0 Å². The van der Waals surface area contributed by atoms with E-state index in [1.165, 1.54) is 12.1 Å². The zero-order chi connectivity index (χ0) is 8.43. The molecule has 0 radical (unpaired) electrons. The lowest BCUT2D eigenvalue weighted by Crippen LogP contribution is -1.95. The first-order chi connectivity index (χ1) is 5.15. The number of hydrogen-bond acceptors (Lipinski definition) is 2. The highest BCUT2D eigenvalue weighted by Gasteiger charge is 2.03. The van der Waals surface area contributed by atoms with Crippen LogP contribution in [0.1, 0.15) is 5.56 Å². The number of aliphatic hydroxyl groups is 1. The molecule has 0 bridgehead atoms. The quantitative estimate of drug-likeness (QED) is 0.707. The average molecular weight is 220 g/mol. The summed E-state index contributed by atoms with van der Waals surface area (Å²) in [7, 11) is 0. The van der Waals surface area contributed by atoms with Gasteiger partial charge in [-0.25, -0.2) is 4.39 Å². The Bertz CT molecular complexity index is 277. The van der Waals surface area contributed by atoms with Gasteiger partial charge in [0.2, 0.25) is 0 Å². The van der Waals surface area contributed by atoms with Gasteiger partial charge in [0.1, 0.15) is 5.82 Å². The van der Waals surface area contributed by atoms with E-state index in [9.17, 15) is 4.39 Å². The van der Waals surface area contributed by atoms with Gasteiger partial charge in [0.05, 0.1) is 11.1 Å². The molecule has 0 saturated carbocycles. The van der Waals surface area contributed by atoms with Crippen LogP contribution in [0.4, 0.5) is 10.1 Å². The lowest BCUT2D eigenvalue weighted by Gasteiger charge is -2.02. The van der Waals surface area contributed by atoms with E-state index >= 15 is 0 Å². The van der Waals surface area contributed by atoms with Crippen LogP contribution < -0.4 is 5.73 Å². The largest absolute Gasteiger partial charge is 0.398 e. The molecule has 1 rings (SSSR count). The second-order valence-electron chi connectivity index (χ2n) is 2.12. The zero-order valence-corrected chi connectivity index (χ0v) is 7.23. The fourth-order valence-electron chi connectivity index (χ4n) is 0.740. The lowest BCUT2D eigenvalue weighted by molar-refractivity contribution is 0.282. The Hall–Kier alpha value is -0.610. The number of benzene rings is 1. The first-order valence-electron chi connectivity index (χ1n) is 2.99. The van der Waals surface area contributed by atoms with Gasteiger partial charge in [0.25, 0.3) is 0 Å². The summed E-state index contributed by atoms with van der Waals surface area (Å²) in [5.74, 6) is -0.417. The highest BCUT2D eigenvalue weighted by atomic mass is 79.9. The minimum absolute atomic E-state index is 0.176. The van der Waals surface area contributed by atoms with E-state index in [2.05, 4.69) is 15.9 Å². The molecular weight excluding hydrogens is 213 g/mol. The van der Waals surface area contributed by atoms with E-state index in [0.29, 0.717) is 10.0 Å². The maximum Gasteiger partial charge on any atom is 0.139 e. The molecule has 1 aromatic rings. The van der Waals surface area contributed by atoms with Gasteiger partial charge in [0, 0.05) is 11.3 Å². The second kappa shape index (κ2) is 3.19. The molecule has 2 nitrogen and oxygen atoms in total. The predicted octanol–water partition coefficient (Wildman–Crippen LogP) is 1.66. The van der Waals surface area contributed by atoms with Crippen molar-refractivity contribution < 1.29 is 9.50 Å². The molecule has 0 amide bonds. The van der Waals surface area contributed by atoms with Crippen molar-refractivity contribution in [3.8, 4) is 0 Å². The molecule has 0 aromatic heterocycles. The third kappa shape index (κ3) is 1.70. The van der Waals surface area contributed by atoms with Crippen molar-refractivity contribution in [1.82, 2.24) is 0 Å². The van der Waals surface area contributed by atoms with E-state index in [1.54, 1.807) is 0 Å². The summed E-state index contributed by atoms with van der Waals surface area (Å²) in [6.07, 6.45) is 0. The van der Waals surface area contributed by atoms with E-state index in [4.69, 9.17) is 10.8 Å². The Kier molecular flexibility index (Phi) is 2.46. The van der Waals surface area contributed by atoms with Crippen LogP contribution in [0.5, 0.6) is 0 Å². The normalized spacial score (nSPS) is 10.1. The van der Waals surface area contributed by atoms with E-state index in [1.807, 2.05) is 0 Å². The highest BCUT2D eigenvalue weighted by molar-refractivity contribution is 9.10. The predicted molar refractivity (Wildman–Crippen MR) is 44.4 cm³/mol. The van der Waals surface area contributed by atoms with Gasteiger partial charge < -0.3 is 10.8 Å². The zero-order valence-electron chi connectivity index (χ0n) is 5.64. The number of hydrogen-bond donors (Lipinski definition) is 2. The summed E-state index contributed by atoms with van der Waals surface area (Å²) < 4.78 is 13.0. The molecule has 0 aliphatic carbocycles. The minimum atomic E-state index is -0.417. The number of halogens is 2. The molecule has 0 unspecified atom stereocenters. The SMILES string of the molecule is Nc1cc(F)c(Br)cc1CO.